The van der Waals surface area contributed by atoms with Crippen molar-refractivity contribution in [3.8, 4) is 0 Å². The van der Waals surface area contributed by atoms with E-state index in [9.17, 15) is 9.50 Å². The summed E-state index contributed by atoms with van der Waals surface area (Å²) in [5.74, 6) is 0.300. The lowest BCUT2D eigenvalue weighted by molar-refractivity contribution is 0.203. The van der Waals surface area contributed by atoms with Crippen LogP contribution in [0.15, 0.2) is 30.6 Å². The zero-order valence-electron chi connectivity index (χ0n) is 9.98. The summed E-state index contributed by atoms with van der Waals surface area (Å²) in [6, 6.07) is 4.37. The van der Waals surface area contributed by atoms with E-state index >= 15 is 0 Å². The van der Waals surface area contributed by atoms with Crippen LogP contribution < -0.4 is 0 Å². The van der Waals surface area contributed by atoms with E-state index in [0.717, 1.165) is 13.0 Å². The molecule has 0 aliphatic rings. The Balaban J connectivity index is 2.35. The zero-order valence-corrected chi connectivity index (χ0v) is 12.1. The van der Waals surface area contributed by atoms with Gasteiger partial charge in [-0.3, -0.25) is 0 Å². The average Bonchev–Trinajstić information content (AvgIpc) is 2.77. The Morgan fingerprint density at radius 1 is 1.50 bits per heavy atom. The summed E-state index contributed by atoms with van der Waals surface area (Å²) in [5, 5.41) is 10.3. The van der Waals surface area contributed by atoms with Crippen LogP contribution in [-0.2, 0) is 6.54 Å². The van der Waals surface area contributed by atoms with E-state index in [4.69, 9.17) is 0 Å². The van der Waals surface area contributed by atoms with Gasteiger partial charge in [0.15, 0.2) is 0 Å². The molecule has 0 spiro atoms. The Bertz CT molecular complexity index is 542. The highest BCUT2D eigenvalue weighted by Gasteiger charge is 2.18. The molecular formula is C13H14FIN2O. The van der Waals surface area contributed by atoms with Gasteiger partial charge in [-0.15, -0.1) is 0 Å². The molecule has 1 atom stereocenters. The third-order valence-corrected chi connectivity index (χ3v) is 3.65. The highest BCUT2D eigenvalue weighted by atomic mass is 127. The lowest BCUT2D eigenvalue weighted by atomic mass is 10.1. The van der Waals surface area contributed by atoms with E-state index in [1.165, 1.54) is 12.1 Å². The van der Waals surface area contributed by atoms with Crippen molar-refractivity contribution in [1.82, 2.24) is 9.55 Å². The summed E-state index contributed by atoms with van der Waals surface area (Å²) in [4.78, 5) is 4.19. The van der Waals surface area contributed by atoms with Crippen LogP contribution in [0.4, 0.5) is 4.39 Å². The third kappa shape index (κ3) is 2.72. The summed E-state index contributed by atoms with van der Waals surface area (Å²) in [7, 11) is 0. The zero-order chi connectivity index (χ0) is 13.1. The lowest BCUT2D eigenvalue weighted by Crippen LogP contribution is -2.11. The number of hydrogen-bond donors (Lipinski definition) is 1. The Morgan fingerprint density at radius 2 is 2.28 bits per heavy atom. The van der Waals surface area contributed by atoms with Crippen LogP contribution >= 0.6 is 22.6 Å². The van der Waals surface area contributed by atoms with Crippen molar-refractivity contribution in [1.29, 1.82) is 0 Å². The molecule has 1 heterocycles. The first-order valence-electron chi connectivity index (χ1n) is 5.77. The molecule has 5 heteroatoms. The maximum atomic E-state index is 13.0. The number of hydrogen-bond acceptors (Lipinski definition) is 2. The average molecular weight is 360 g/mol. The van der Waals surface area contributed by atoms with Crippen molar-refractivity contribution in [2.45, 2.75) is 26.0 Å². The molecule has 0 fully saturated rings. The van der Waals surface area contributed by atoms with E-state index in [1.807, 2.05) is 33.4 Å². The lowest BCUT2D eigenvalue weighted by Gasteiger charge is -2.14. The molecular weight excluding hydrogens is 346 g/mol. The summed E-state index contributed by atoms with van der Waals surface area (Å²) in [6.45, 7) is 2.88. The minimum atomic E-state index is -0.820. The molecule has 0 aliphatic carbocycles. The van der Waals surface area contributed by atoms with Crippen molar-refractivity contribution in [3.63, 3.8) is 0 Å². The summed E-state index contributed by atoms with van der Waals surface area (Å²) < 4.78 is 15.7. The minimum Gasteiger partial charge on any atom is -0.380 e. The molecule has 3 nitrogen and oxygen atoms in total. The molecule has 0 bridgehead atoms. The molecule has 1 aromatic heterocycles. The second kappa shape index (κ2) is 5.79. The topological polar surface area (TPSA) is 38.0 Å². The minimum absolute atomic E-state index is 0.299. The number of benzene rings is 1. The van der Waals surface area contributed by atoms with Gasteiger partial charge >= 0.3 is 0 Å². The maximum absolute atomic E-state index is 13.0. The molecule has 96 valence electrons. The van der Waals surface area contributed by atoms with Crippen molar-refractivity contribution in [2.75, 3.05) is 0 Å². The number of aromatic nitrogens is 2. The molecule has 18 heavy (non-hydrogen) atoms. The molecule has 2 rings (SSSR count). The predicted molar refractivity (Wildman–Crippen MR) is 75.7 cm³/mol. The van der Waals surface area contributed by atoms with Crippen LogP contribution in [0.3, 0.4) is 0 Å². The fourth-order valence-electron chi connectivity index (χ4n) is 1.86. The van der Waals surface area contributed by atoms with Crippen LogP contribution in [0.25, 0.3) is 0 Å². The monoisotopic (exact) mass is 360 g/mol. The van der Waals surface area contributed by atoms with Gasteiger partial charge in [0.25, 0.3) is 0 Å². The Labute approximate surface area is 119 Å². The molecule has 1 aromatic carbocycles. The predicted octanol–water partition coefficient (Wildman–Crippen LogP) is 3.12. The van der Waals surface area contributed by atoms with E-state index in [-0.39, 0.29) is 5.82 Å². The van der Waals surface area contributed by atoms with E-state index < -0.39 is 6.10 Å². The Morgan fingerprint density at radius 3 is 2.94 bits per heavy atom. The first-order chi connectivity index (χ1) is 8.63. The summed E-state index contributed by atoms with van der Waals surface area (Å²) in [6.07, 6.45) is 3.67. The van der Waals surface area contributed by atoms with Crippen LogP contribution in [0.1, 0.15) is 30.8 Å². The van der Waals surface area contributed by atoms with E-state index in [1.54, 1.807) is 12.3 Å². The number of halogens is 2. The van der Waals surface area contributed by atoms with Gasteiger partial charge in [-0.05, 0) is 41.1 Å². The van der Waals surface area contributed by atoms with Gasteiger partial charge in [-0.2, -0.15) is 0 Å². The molecule has 1 unspecified atom stereocenters. The molecule has 0 aliphatic heterocycles. The van der Waals surface area contributed by atoms with E-state index in [2.05, 4.69) is 11.9 Å². The van der Waals surface area contributed by atoms with Crippen LogP contribution in [-0.4, -0.2) is 14.7 Å². The van der Waals surface area contributed by atoms with Gasteiger partial charge in [0, 0.05) is 28.1 Å². The maximum Gasteiger partial charge on any atom is 0.142 e. The number of aliphatic hydroxyl groups excluding tert-OH is 1. The number of rotatable bonds is 4. The van der Waals surface area contributed by atoms with Gasteiger partial charge in [-0.1, -0.05) is 13.0 Å². The van der Waals surface area contributed by atoms with Crippen LogP contribution in [0.5, 0.6) is 0 Å². The fourth-order valence-corrected chi connectivity index (χ4v) is 2.63. The first-order valence-corrected chi connectivity index (χ1v) is 6.85. The largest absolute Gasteiger partial charge is 0.380 e. The highest BCUT2D eigenvalue weighted by molar-refractivity contribution is 14.1. The van der Waals surface area contributed by atoms with Crippen LogP contribution in [0, 0.1) is 9.39 Å². The Kier molecular flexibility index (Phi) is 4.34. The molecule has 1 N–H and O–H groups in total. The van der Waals surface area contributed by atoms with Gasteiger partial charge < -0.3 is 9.67 Å². The standard InChI is InChI=1S/C13H14FIN2O/c1-2-6-17-7-5-16-13(17)12(18)10-4-3-9(14)8-11(10)15/h3-5,7-8,12,18H,2,6H2,1H3. The first kappa shape index (κ1) is 13.5. The molecule has 0 radical (unpaired) electrons. The van der Waals surface area contributed by atoms with Crippen LogP contribution in [0.2, 0.25) is 0 Å². The van der Waals surface area contributed by atoms with Crippen molar-refractivity contribution in [2.24, 2.45) is 0 Å². The molecule has 2 aromatic rings. The van der Waals surface area contributed by atoms with Gasteiger partial charge in [0.1, 0.15) is 17.7 Å². The number of aliphatic hydroxyl groups is 1. The third-order valence-electron chi connectivity index (χ3n) is 2.71. The smallest absolute Gasteiger partial charge is 0.142 e. The number of nitrogens with zero attached hydrogens (tertiary/aromatic N) is 2. The van der Waals surface area contributed by atoms with Gasteiger partial charge in [-0.25, -0.2) is 9.37 Å². The number of imidazole rings is 1. The van der Waals surface area contributed by atoms with Crippen molar-refractivity contribution < 1.29 is 9.50 Å². The SMILES string of the molecule is CCCn1ccnc1C(O)c1ccc(F)cc1I. The highest BCUT2D eigenvalue weighted by Crippen LogP contribution is 2.25. The van der Waals surface area contributed by atoms with Gasteiger partial charge in [0.05, 0.1) is 0 Å². The fraction of sp³-hybridized carbons (Fsp3) is 0.308. The molecule has 0 saturated carbocycles. The number of aryl methyl sites for hydroxylation is 1. The second-order valence-corrected chi connectivity index (χ2v) is 5.21. The summed E-state index contributed by atoms with van der Waals surface area (Å²) in [5.41, 5.74) is 0.681. The normalized spacial score (nSPS) is 12.7. The molecule has 0 amide bonds. The van der Waals surface area contributed by atoms with Crippen molar-refractivity contribution in [3.05, 3.63) is 51.4 Å². The van der Waals surface area contributed by atoms with E-state index in [0.29, 0.717) is 15.0 Å². The molecule has 0 saturated heterocycles. The Hall–Kier alpha value is -0.950. The quantitative estimate of drug-likeness (QED) is 0.851. The van der Waals surface area contributed by atoms with Crippen molar-refractivity contribution >= 4 is 22.6 Å². The second-order valence-electron chi connectivity index (χ2n) is 4.05. The van der Waals surface area contributed by atoms with Gasteiger partial charge in [0.2, 0.25) is 0 Å². The summed E-state index contributed by atoms with van der Waals surface area (Å²) >= 11 is 2.02.